The van der Waals surface area contributed by atoms with Crippen LogP contribution in [0.1, 0.15) is 27.2 Å². The number of methoxy groups -OCH3 is 1. The van der Waals surface area contributed by atoms with Gasteiger partial charge in [0.15, 0.2) is 0 Å². The molecule has 0 amide bonds. The second kappa shape index (κ2) is 8.38. The van der Waals surface area contributed by atoms with E-state index in [-0.39, 0.29) is 5.25 Å². The number of ether oxygens (including phenoxy) is 1. The van der Waals surface area contributed by atoms with Gasteiger partial charge in [0.1, 0.15) is 0 Å². The van der Waals surface area contributed by atoms with Crippen molar-refractivity contribution >= 4 is 10.8 Å². The van der Waals surface area contributed by atoms with Gasteiger partial charge in [-0.15, -0.1) is 0 Å². The van der Waals surface area contributed by atoms with E-state index in [9.17, 15) is 4.21 Å². The van der Waals surface area contributed by atoms with E-state index >= 15 is 0 Å². The Hall–Kier alpha value is 0.0700. The molecule has 0 aromatic carbocycles. The normalized spacial score (nSPS) is 17.7. The molecule has 86 valence electrons. The van der Waals surface area contributed by atoms with E-state index in [0.717, 1.165) is 18.7 Å². The lowest BCUT2D eigenvalue weighted by Crippen LogP contribution is -2.38. The largest absolute Gasteiger partial charge is 0.385 e. The van der Waals surface area contributed by atoms with Crippen molar-refractivity contribution in [1.29, 1.82) is 0 Å². The highest BCUT2D eigenvalue weighted by Crippen LogP contribution is 2.03. The lowest BCUT2D eigenvalue weighted by Gasteiger charge is -2.19. The van der Waals surface area contributed by atoms with Crippen LogP contribution in [-0.2, 0) is 15.5 Å². The third-order valence-electron chi connectivity index (χ3n) is 2.34. The highest BCUT2D eigenvalue weighted by molar-refractivity contribution is 7.85. The fourth-order valence-electron chi connectivity index (χ4n) is 1.25. The number of rotatable bonds is 8. The molecule has 0 heterocycles. The van der Waals surface area contributed by atoms with Crippen LogP contribution in [0.3, 0.4) is 0 Å². The van der Waals surface area contributed by atoms with Gasteiger partial charge in [-0.05, 0) is 26.8 Å². The minimum Gasteiger partial charge on any atom is -0.385 e. The monoisotopic (exact) mass is 221 g/mol. The minimum atomic E-state index is -0.740. The zero-order valence-electron chi connectivity index (χ0n) is 9.71. The summed E-state index contributed by atoms with van der Waals surface area (Å²) in [5.41, 5.74) is 0. The first kappa shape index (κ1) is 14.1. The van der Waals surface area contributed by atoms with Gasteiger partial charge in [0.05, 0.1) is 0 Å². The van der Waals surface area contributed by atoms with Crippen LogP contribution in [0.2, 0.25) is 0 Å². The number of hydrogen-bond acceptors (Lipinski definition) is 3. The number of hydrogen-bond donors (Lipinski definition) is 1. The topological polar surface area (TPSA) is 38.3 Å². The molecule has 3 atom stereocenters. The molecule has 0 aromatic rings. The Morgan fingerprint density at radius 2 is 2.07 bits per heavy atom. The third-order valence-corrected chi connectivity index (χ3v) is 4.27. The summed E-state index contributed by atoms with van der Waals surface area (Å²) in [5.74, 6) is 0.741. The Morgan fingerprint density at radius 3 is 2.57 bits per heavy atom. The van der Waals surface area contributed by atoms with Crippen molar-refractivity contribution < 1.29 is 8.95 Å². The first-order valence-corrected chi connectivity index (χ1v) is 6.61. The molecule has 14 heavy (non-hydrogen) atoms. The van der Waals surface area contributed by atoms with E-state index in [1.165, 1.54) is 0 Å². The van der Waals surface area contributed by atoms with Crippen LogP contribution in [0.15, 0.2) is 0 Å². The van der Waals surface area contributed by atoms with Crippen LogP contribution in [0.5, 0.6) is 0 Å². The Morgan fingerprint density at radius 1 is 1.43 bits per heavy atom. The van der Waals surface area contributed by atoms with Gasteiger partial charge in [-0.2, -0.15) is 0 Å². The summed E-state index contributed by atoms with van der Waals surface area (Å²) >= 11 is 0. The standard InChI is InChI=1S/C10H23NO2S/c1-5-11-9(2)10(3)14(12)8-6-7-13-4/h9-11H,5-8H2,1-4H3. The van der Waals surface area contributed by atoms with E-state index in [2.05, 4.69) is 19.2 Å². The van der Waals surface area contributed by atoms with Crippen molar-refractivity contribution in [3.63, 3.8) is 0 Å². The fourth-order valence-corrected chi connectivity index (χ4v) is 2.57. The van der Waals surface area contributed by atoms with E-state index in [0.29, 0.717) is 12.6 Å². The minimum absolute atomic E-state index is 0.215. The summed E-state index contributed by atoms with van der Waals surface area (Å²) in [4.78, 5) is 0. The average Bonchev–Trinajstić information content (AvgIpc) is 2.17. The Balaban J connectivity index is 3.74. The molecule has 0 radical (unpaired) electrons. The van der Waals surface area contributed by atoms with Crippen molar-refractivity contribution in [2.24, 2.45) is 0 Å². The molecule has 0 rings (SSSR count). The van der Waals surface area contributed by atoms with E-state index in [1.807, 2.05) is 6.92 Å². The van der Waals surface area contributed by atoms with Crippen LogP contribution >= 0.6 is 0 Å². The second-order valence-corrected chi connectivity index (χ2v) is 5.40. The predicted molar refractivity (Wildman–Crippen MR) is 62.1 cm³/mol. The van der Waals surface area contributed by atoms with Gasteiger partial charge >= 0.3 is 0 Å². The van der Waals surface area contributed by atoms with Crippen molar-refractivity contribution in [1.82, 2.24) is 5.32 Å². The quantitative estimate of drug-likeness (QED) is 0.625. The van der Waals surface area contributed by atoms with Crippen molar-refractivity contribution in [3.8, 4) is 0 Å². The Kier molecular flexibility index (Phi) is 8.43. The van der Waals surface area contributed by atoms with Crippen molar-refractivity contribution in [2.75, 3.05) is 26.0 Å². The Bertz CT molecular complexity index is 164. The van der Waals surface area contributed by atoms with Crippen LogP contribution in [0.4, 0.5) is 0 Å². The highest BCUT2D eigenvalue weighted by atomic mass is 32.2. The van der Waals surface area contributed by atoms with Gasteiger partial charge in [0, 0.05) is 41.6 Å². The van der Waals surface area contributed by atoms with Gasteiger partial charge < -0.3 is 10.1 Å². The van der Waals surface area contributed by atoms with Gasteiger partial charge in [0.2, 0.25) is 0 Å². The van der Waals surface area contributed by atoms with Gasteiger partial charge in [-0.25, -0.2) is 0 Å². The van der Waals surface area contributed by atoms with Gasteiger partial charge in [-0.3, -0.25) is 4.21 Å². The molecule has 0 bridgehead atoms. The maximum absolute atomic E-state index is 11.7. The SMILES string of the molecule is CCNC(C)C(C)S(=O)CCCOC. The molecule has 0 aliphatic carbocycles. The molecule has 0 saturated carbocycles. The molecule has 0 saturated heterocycles. The molecule has 0 spiro atoms. The van der Waals surface area contributed by atoms with Crippen LogP contribution in [0.25, 0.3) is 0 Å². The molecule has 0 aliphatic rings. The summed E-state index contributed by atoms with van der Waals surface area (Å²) in [7, 11) is 0.934. The van der Waals surface area contributed by atoms with Crippen LogP contribution < -0.4 is 5.32 Å². The van der Waals surface area contributed by atoms with Crippen LogP contribution in [-0.4, -0.2) is 41.5 Å². The lowest BCUT2D eigenvalue weighted by molar-refractivity contribution is 0.200. The molecule has 4 heteroatoms. The number of nitrogens with one attached hydrogen (secondary N) is 1. The first-order valence-electron chi connectivity index (χ1n) is 5.23. The zero-order chi connectivity index (χ0) is 11.0. The summed E-state index contributed by atoms with van der Waals surface area (Å²) in [6, 6.07) is 0.323. The molecule has 0 aromatic heterocycles. The van der Waals surface area contributed by atoms with Crippen LogP contribution in [0, 0.1) is 0 Å². The lowest BCUT2D eigenvalue weighted by atomic mass is 10.2. The molecule has 3 nitrogen and oxygen atoms in total. The summed E-state index contributed by atoms with van der Waals surface area (Å²) in [6.45, 7) is 7.82. The van der Waals surface area contributed by atoms with Gasteiger partial charge in [-0.1, -0.05) is 6.92 Å². The maximum Gasteiger partial charge on any atom is 0.0471 e. The average molecular weight is 221 g/mol. The third kappa shape index (κ3) is 5.73. The molecular formula is C10H23NO2S. The smallest absolute Gasteiger partial charge is 0.0471 e. The maximum atomic E-state index is 11.7. The van der Waals surface area contributed by atoms with E-state index in [4.69, 9.17) is 4.74 Å². The molecule has 3 unspecified atom stereocenters. The van der Waals surface area contributed by atoms with E-state index in [1.54, 1.807) is 7.11 Å². The zero-order valence-corrected chi connectivity index (χ0v) is 10.5. The van der Waals surface area contributed by atoms with Gasteiger partial charge in [0.25, 0.3) is 0 Å². The Labute approximate surface area is 90.1 Å². The predicted octanol–water partition coefficient (Wildman–Crippen LogP) is 1.16. The molecule has 1 N–H and O–H groups in total. The molecule has 0 fully saturated rings. The second-order valence-electron chi connectivity index (χ2n) is 3.48. The fraction of sp³-hybridized carbons (Fsp3) is 1.00. The van der Waals surface area contributed by atoms with Crippen molar-refractivity contribution in [3.05, 3.63) is 0 Å². The summed E-state index contributed by atoms with van der Waals surface area (Å²) < 4.78 is 16.7. The van der Waals surface area contributed by atoms with E-state index < -0.39 is 10.8 Å². The molecule has 0 aliphatic heterocycles. The summed E-state index contributed by atoms with van der Waals surface area (Å²) in [6.07, 6.45) is 0.881. The summed E-state index contributed by atoms with van der Waals surface area (Å²) in [5, 5.41) is 3.51. The highest BCUT2D eigenvalue weighted by Gasteiger charge is 2.17. The first-order chi connectivity index (χ1) is 6.63. The molecular weight excluding hydrogens is 198 g/mol. The van der Waals surface area contributed by atoms with Crippen molar-refractivity contribution in [2.45, 2.75) is 38.5 Å².